The molecule has 0 amide bonds. The number of benzene rings is 1. The molecule has 96 valence electrons. The van der Waals surface area contributed by atoms with Crippen molar-refractivity contribution >= 4 is 0 Å². The molecule has 0 atom stereocenters. The van der Waals surface area contributed by atoms with Crippen LogP contribution in [0.3, 0.4) is 0 Å². The highest BCUT2D eigenvalue weighted by Crippen LogP contribution is 2.31. The number of ether oxygens (including phenoxy) is 1. The number of aromatic nitrogens is 1. The molecule has 0 N–H and O–H groups in total. The van der Waals surface area contributed by atoms with Crippen molar-refractivity contribution in [1.29, 1.82) is 5.26 Å². The molecule has 2 rings (SSSR count). The molecule has 1 aromatic carbocycles. The summed E-state index contributed by atoms with van der Waals surface area (Å²) in [6, 6.07) is 8.81. The van der Waals surface area contributed by atoms with E-state index < -0.39 is 11.7 Å². The van der Waals surface area contributed by atoms with Crippen LogP contribution >= 0.6 is 0 Å². The summed E-state index contributed by atoms with van der Waals surface area (Å²) in [4.78, 5) is 3.48. The summed E-state index contributed by atoms with van der Waals surface area (Å²) in [5, 5.41) is 8.62. The predicted octanol–water partition coefficient (Wildman–Crippen LogP) is 3.76. The Morgan fingerprint density at radius 2 is 1.74 bits per heavy atom. The van der Waals surface area contributed by atoms with Gasteiger partial charge in [0.15, 0.2) is 0 Å². The van der Waals surface area contributed by atoms with Crippen molar-refractivity contribution in [2.45, 2.75) is 6.18 Å². The predicted molar refractivity (Wildman–Crippen MR) is 60.5 cm³/mol. The third-order valence-corrected chi connectivity index (χ3v) is 2.26. The monoisotopic (exact) mass is 264 g/mol. The van der Waals surface area contributed by atoms with E-state index >= 15 is 0 Å². The molecule has 19 heavy (non-hydrogen) atoms. The maximum atomic E-state index is 12.5. The van der Waals surface area contributed by atoms with Crippen molar-refractivity contribution in [3.05, 3.63) is 53.9 Å². The summed E-state index contributed by atoms with van der Waals surface area (Å²) in [7, 11) is 0. The van der Waals surface area contributed by atoms with Crippen molar-refractivity contribution in [3.8, 4) is 17.6 Å². The lowest BCUT2D eigenvalue weighted by Gasteiger charge is -2.09. The lowest BCUT2D eigenvalue weighted by molar-refractivity contribution is -0.137. The standard InChI is InChI=1S/C13H7F3N2O/c14-13(15,16)10-5-12(8-18-7-10)19-11-3-1-9(6-17)2-4-11/h1-5,7-8H. The third kappa shape index (κ3) is 3.22. The smallest absolute Gasteiger partial charge is 0.418 e. The van der Waals surface area contributed by atoms with Crippen LogP contribution < -0.4 is 4.74 Å². The number of hydrogen-bond donors (Lipinski definition) is 0. The summed E-state index contributed by atoms with van der Waals surface area (Å²) < 4.78 is 42.7. The molecular weight excluding hydrogens is 257 g/mol. The first-order chi connectivity index (χ1) is 8.99. The van der Waals surface area contributed by atoms with Crippen molar-refractivity contribution in [3.63, 3.8) is 0 Å². The van der Waals surface area contributed by atoms with Gasteiger partial charge in [0.05, 0.1) is 23.4 Å². The molecule has 3 nitrogen and oxygen atoms in total. The van der Waals surface area contributed by atoms with Gasteiger partial charge in [0.1, 0.15) is 11.5 Å². The van der Waals surface area contributed by atoms with E-state index in [4.69, 9.17) is 10.00 Å². The number of rotatable bonds is 2. The van der Waals surface area contributed by atoms with Gasteiger partial charge in [0.25, 0.3) is 0 Å². The van der Waals surface area contributed by atoms with E-state index in [0.717, 1.165) is 12.3 Å². The second-order valence-electron chi connectivity index (χ2n) is 3.65. The Labute approximate surface area is 106 Å². The minimum atomic E-state index is -4.46. The van der Waals surface area contributed by atoms with Crippen LogP contribution in [0.25, 0.3) is 0 Å². The zero-order valence-electron chi connectivity index (χ0n) is 9.48. The van der Waals surface area contributed by atoms with Gasteiger partial charge in [0.2, 0.25) is 0 Å². The Morgan fingerprint density at radius 1 is 1.05 bits per heavy atom. The SMILES string of the molecule is N#Cc1ccc(Oc2cncc(C(F)(F)F)c2)cc1. The zero-order valence-corrected chi connectivity index (χ0v) is 9.48. The third-order valence-electron chi connectivity index (χ3n) is 2.26. The maximum absolute atomic E-state index is 12.5. The summed E-state index contributed by atoms with van der Waals surface area (Å²) >= 11 is 0. The van der Waals surface area contributed by atoms with Crippen LogP contribution in [0.2, 0.25) is 0 Å². The minimum Gasteiger partial charge on any atom is -0.456 e. The van der Waals surface area contributed by atoms with Gasteiger partial charge in [-0.1, -0.05) is 0 Å². The molecule has 0 saturated carbocycles. The zero-order chi connectivity index (χ0) is 13.9. The molecule has 0 aliphatic carbocycles. The molecular formula is C13H7F3N2O. The highest BCUT2D eigenvalue weighted by Gasteiger charge is 2.31. The number of nitrogens with zero attached hydrogens (tertiary/aromatic N) is 2. The van der Waals surface area contributed by atoms with Crippen molar-refractivity contribution in [2.24, 2.45) is 0 Å². The number of pyridine rings is 1. The molecule has 0 fully saturated rings. The Bertz CT molecular complexity index is 615. The summed E-state index contributed by atoms with van der Waals surface area (Å²) in [6.45, 7) is 0. The fraction of sp³-hybridized carbons (Fsp3) is 0.0769. The Kier molecular flexibility index (Phi) is 3.38. The molecule has 0 aliphatic rings. The van der Waals surface area contributed by atoms with Gasteiger partial charge in [-0.05, 0) is 30.3 Å². The van der Waals surface area contributed by atoms with Gasteiger partial charge in [-0.25, -0.2) is 0 Å². The van der Waals surface area contributed by atoms with E-state index in [9.17, 15) is 13.2 Å². The normalized spacial score (nSPS) is 10.8. The van der Waals surface area contributed by atoms with Gasteiger partial charge < -0.3 is 4.74 Å². The van der Waals surface area contributed by atoms with Gasteiger partial charge in [-0.3, -0.25) is 4.98 Å². The second-order valence-corrected chi connectivity index (χ2v) is 3.65. The molecule has 0 saturated heterocycles. The van der Waals surface area contributed by atoms with E-state index in [0.29, 0.717) is 11.3 Å². The molecule has 0 spiro atoms. The average Bonchev–Trinajstić information content (AvgIpc) is 2.39. The van der Waals surface area contributed by atoms with Gasteiger partial charge in [0, 0.05) is 6.20 Å². The minimum absolute atomic E-state index is 0.0143. The van der Waals surface area contributed by atoms with Crippen molar-refractivity contribution in [1.82, 2.24) is 4.98 Å². The van der Waals surface area contributed by atoms with Crippen LogP contribution in [0, 0.1) is 11.3 Å². The number of nitriles is 1. The molecule has 1 aromatic heterocycles. The molecule has 0 radical (unpaired) electrons. The van der Waals surface area contributed by atoms with Crippen LogP contribution in [-0.4, -0.2) is 4.98 Å². The molecule has 1 heterocycles. The summed E-state index contributed by atoms with van der Waals surface area (Å²) in [5.74, 6) is 0.319. The molecule has 0 bridgehead atoms. The Hall–Kier alpha value is -2.55. The van der Waals surface area contributed by atoms with E-state index in [1.807, 2.05) is 6.07 Å². The Morgan fingerprint density at radius 3 is 2.32 bits per heavy atom. The molecule has 2 aromatic rings. The van der Waals surface area contributed by atoms with Crippen LogP contribution in [0.4, 0.5) is 13.2 Å². The molecule has 0 unspecified atom stereocenters. The van der Waals surface area contributed by atoms with Gasteiger partial charge in [-0.15, -0.1) is 0 Å². The first-order valence-electron chi connectivity index (χ1n) is 5.19. The van der Waals surface area contributed by atoms with E-state index in [1.54, 1.807) is 0 Å². The molecule has 0 aliphatic heterocycles. The van der Waals surface area contributed by atoms with Crippen LogP contribution in [0.5, 0.6) is 11.5 Å². The first kappa shape index (κ1) is 12.9. The quantitative estimate of drug-likeness (QED) is 0.829. The van der Waals surface area contributed by atoms with Crippen molar-refractivity contribution in [2.75, 3.05) is 0 Å². The summed E-state index contributed by atoms with van der Waals surface area (Å²) in [6.07, 6.45) is -2.55. The highest BCUT2D eigenvalue weighted by atomic mass is 19.4. The van der Waals surface area contributed by atoms with Gasteiger partial charge in [-0.2, -0.15) is 18.4 Å². The second kappa shape index (κ2) is 4.98. The van der Waals surface area contributed by atoms with E-state index in [-0.39, 0.29) is 5.75 Å². The number of alkyl halides is 3. The first-order valence-corrected chi connectivity index (χ1v) is 5.19. The largest absolute Gasteiger partial charge is 0.456 e. The average molecular weight is 264 g/mol. The van der Waals surface area contributed by atoms with Crippen LogP contribution in [-0.2, 0) is 6.18 Å². The van der Waals surface area contributed by atoms with Gasteiger partial charge >= 0.3 is 6.18 Å². The number of hydrogen-bond acceptors (Lipinski definition) is 3. The van der Waals surface area contributed by atoms with Crippen LogP contribution in [0.1, 0.15) is 11.1 Å². The topological polar surface area (TPSA) is 45.9 Å². The molecule has 6 heteroatoms. The van der Waals surface area contributed by atoms with Crippen molar-refractivity contribution < 1.29 is 17.9 Å². The summed E-state index contributed by atoms with van der Waals surface area (Å²) in [5.41, 5.74) is -0.437. The van der Waals surface area contributed by atoms with E-state index in [2.05, 4.69) is 4.98 Å². The highest BCUT2D eigenvalue weighted by molar-refractivity contribution is 5.37. The lowest BCUT2D eigenvalue weighted by Crippen LogP contribution is -2.05. The lowest BCUT2D eigenvalue weighted by atomic mass is 10.2. The number of halogens is 3. The van der Waals surface area contributed by atoms with E-state index in [1.165, 1.54) is 30.5 Å². The fourth-order valence-corrected chi connectivity index (χ4v) is 1.36. The Balaban J connectivity index is 2.21. The maximum Gasteiger partial charge on any atom is 0.418 e. The fourth-order valence-electron chi connectivity index (χ4n) is 1.36. The van der Waals surface area contributed by atoms with Crippen LogP contribution in [0.15, 0.2) is 42.7 Å².